The topological polar surface area (TPSA) is 51.6 Å². The molecule has 4 nitrogen and oxygen atoms in total. The predicted octanol–water partition coefficient (Wildman–Crippen LogP) is 11.8. The molecule has 238 valence electrons. The lowest BCUT2D eigenvalue weighted by molar-refractivity contribution is 1.32. The summed E-state index contributed by atoms with van der Waals surface area (Å²) in [5, 5.41) is 4.55. The molecule has 9 aromatic rings. The van der Waals surface area contributed by atoms with Gasteiger partial charge in [0.25, 0.3) is 0 Å². The van der Waals surface area contributed by atoms with Crippen LogP contribution in [0.25, 0.3) is 88.6 Å². The lowest BCUT2D eigenvalue weighted by Crippen LogP contribution is -1.96. The number of rotatable bonds is 4. The Kier molecular flexibility index (Phi) is 6.99. The summed E-state index contributed by atoms with van der Waals surface area (Å²) < 4.78 is 0. The van der Waals surface area contributed by atoms with Crippen molar-refractivity contribution < 1.29 is 0 Å². The van der Waals surface area contributed by atoms with Gasteiger partial charge in [-0.3, -0.25) is 0 Å². The molecule has 0 bridgehead atoms. The van der Waals surface area contributed by atoms with E-state index in [2.05, 4.69) is 149 Å². The lowest BCUT2D eigenvalue weighted by atomic mass is 9.96. The summed E-state index contributed by atoms with van der Waals surface area (Å²) in [7, 11) is 0. The van der Waals surface area contributed by atoms with Crippen LogP contribution in [0, 0.1) is 27.7 Å². The Morgan fingerprint density at radius 3 is 0.760 bits per heavy atom. The van der Waals surface area contributed by atoms with Gasteiger partial charge in [0.05, 0.1) is 44.8 Å². The molecule has 5 aromatic carbocycles. The number of hydrogen-bond acceptors (Lipinski definition) is 4. The number of hydrogen-bond donors (Lipinski definition) is 0. The Balaban J connectivity index is 1.14. The second kappa shape index (κ2) is 11.7. The van der Waals surface area contributed by atoms with Gasteiger partial charge in [0.1, 0.15) is 0 Å². The van der Waals surface area contributed by atoms with Gasteiger partial charge in [0.15, 0.2) is 0 Å². The van der Waals surface area contributed by atoms with Crippen molar-refractivity contribution in [2.75, 3.05) is 0 Å². The summed E-state index contributed by atoms with van der Waals surface area (Å²) in [4.78, 5) is 20.8. The number of aromatic nitrogens is 4. The third kappa shape index (κ3) is 4.83. The van der Waals surface area contributed by atoms with Crippen molar-refractivity contribution >= 4 is 43.6 Å². The molecular weight excluding hydrogens is 609 g/mol. The van der Waals surface area contributed by atoms with Gasteiger partial charge in [-0.05, 0) is 74.2 Å². The van der Waals surface area contributed by atoms with Gasteiger partial charge in [-0.25, -0.2) is 19.9 Å². The van der Waals surface area contributed by atoms with Crippen molar-refractivity contribution in [3.8, 4) is 45.0 Å². The zero-order chi connectivity index (χ0) is 33.9. The minimum atomic E-state index is 0.918. The molecule has 0 saturated heterocycles. The number of fused-ring (bicyclic) bond motifs is 6. The highest BCUT2D eigenvalue weighted by Crippen LogP contribution is 2.36. The Hall–Kier alpha value is -6.26. The molecule has 0 unspecified atom stereocenters. The molecule has 0 amide bonds. The van der Waals surface area contributed by atoms with Crippen molar-refractivity contribution in [2.24, 2.45) is 0 Å². The van der Waals surface area contributed by atoms with Crippen LogP contribution in [0.1, 0.15) is 22.3 Å². The van der Waals surface area contributed by atoms with E-state index in [-0.39, 0.29) is 0 Å². The van der Waals surface area contributed by atoms with Crippen molar-refractivity contribution in [2.45, 2.75) is 27.7 Å². The molecule has 0 radical (unpaired) electrons. The van der Waals surface area contributed by atoms with Crippen LogP contribution in [-0.2, 0) is 0 Å². The van der Waals surface area contributed by atoms with Crippen molar-refractivity contribution in [3.05, 3.63) is 156 Å². The van der Waals surface area contributed by atoms with Crippen LogP contribution in [-0.4, -0.2) is 19.9 Å². The summed E-state index contributed by atoms with van der Waals surface area (Å²) in [6.07, 6.45) is 0. The van der Waals surface area contributed by atoms with E-state index in [0.29, 0.717) is 0 Å². The van der Waals surface area contributed by atoms with Crippen molar-refractivity contribution in [3.63, 3.8) is 0 Å². The molecule has 0 fully saturated rings. The maximum Gasteiger partial charge on any atom is 0.0975 e. The quantitative estimate of drug-likeness (QED) is 0.179. The lowest BCUT2D eigenvalue weighted by Gasteiger charge is -2.14. The molecule has 0 spiro atoms. The highest BCUT2D eigenvalue weighted by molar-refractivity contribution is 6.08. The van der Waals surface area contributed by atoms with E-state index in [1.54, 1.807) is 0 Å². The monoisotopic (exact) mass is 642 g/mol. The first-order chi connectivity index (χ1) is 24.4. The SMILES string of the molecule is Cc1c(C)c2ccc(-c3ccc(-c4ccc5c(C)c(C)c6ccc(-c7ccccc7)nc6c5n4)cc3)nc2c2nc(-c3ccccc3)ccc12. The number of aryl methyl sites for hydroxylation is 4. The first kappa shape index (κ1) is 29.8. The van der Waals surface area contributed by atoms with E-state index in [1.165, 1.54) is 22.3 Å². The van der Waals surface area contributed by atoms with E-state index >= 15 is 0 Å². The van der Waals surface area contributed by atoms with E-state index in [1.807, 2.05) is 12.1 Å². The van der Waals surface area contributed by atoms with Gasteiger partial charge in [-0.1, -0.05) is 109 Å². The van der Waals surface area contributed by atoms with E-state index in [4.69, 9.17) is 19.9 Å². The second-order valence-corrected chi connectivity index (χ2v) is 13.2. The zero-order valence-electron chi connectivity index (χ0n) is 28.5. The molecule has 0 aliphatic carbocycles. The first-order valence-corrected chi connectivity index (χ1v) is 17.1. The average Bonchev–Trinajstić information content (AvgIpc) is 3.19. The molecule has 0 atom stereocenters. The Morgan fingerprint density at radius 2 is 0.500 bits per heavy atom. The van der Waals surface area contributed by atoms with Gasteiger partial charge >= 0.3 is 0 Å². The highest BCUT2D eigenvalue weighted by atomic mass is 14.8. The molecule has 9 rings (SSSR count). The highest BCUT2D eigenvalue weighted by Gasteiger charge is 2.16. The fourth-order valence-electron chi connectivity index (χ4n) is 7.25. The van der Waals surface area contributed by atoms with Crippen LogP contribution in [0.3, 0.4) is 0 Å². The van der Waals surface area contributed by atoms with Crippen molar-refractivity contribution in [1.29, 1.82) is 0 Å². The van der Waals surface area contributed by atoms with E-state index < -0.39 is 0 Å². The maximum absolute atomic E-state index is 5.25. The largest absolute Gasteiger partial charge is 0.245 e. The number of nitrogens with zero attached hydrogens (tertiary/aromatic N) is 4. The molecule has 0 N–H and O–H groups in total. The molecule has 4 aromatic heterocycles. The number of pyridine rings is 4. The van der Waals surface area contributed by atoms with Crippen LogP contribution >= 0.6 is 0 Å². The Labute approximate surface area is 291 Å². The summed E-state index contributed by atoms with van der Waals surface area (Å²) in [5.74, 6) is 0. The first-order valence-electron chi connectivity index (χ1n) is 17.1. The minimum absolute atomic E-state index is 0.918. The van der Waals surface area contributed by atoms with E-state index in [9.17, 15) is 0 Å². The zero-order valence-corrected chi connectivity index (χ0v) is 28.5. The van der Waals surface area contributed by atoms with Crippen LogP contribution in [0.4, 0.5) is 0 Å². The van der Waals surface area contributed by atoms with Gasteiger partial charge in [-0.2, -0.15) is 0 Å². The van der Waals surface area contributed by atoms with Crippen LogP contribution < -0.4 is 0 Å². The minimum Gasteiger partial charge on any atom is -0.245 e. The average molecular weight is 643 g/mol. The van der Waals surface area contributed by atoms with Crippen LogP contribution in [0.5, 0.6) is 0 Å². The molecule has 0 aliphatic rings. The molecule has 4 heteroatoms. The normalized spacial score (nSPS) is 11.6. The Bertz CT molecular complexity index is 2580. The van der Waals surface area contributed by atoms with Gasteiger partial charge in [0, 0.05) is 43.8 Å². The fourth-order valence-corrected chi connectivity index (χ4v) is 7.25. The van der Waals surface area contributed by atoms with Crippen LogP contribution in [0.2, 0.25) is 0 Å². The molecule has 4 heterocycles. The van der Waals surface area contributed by atoms with E-state index in [0.717, 1.165) is 88.6 Å². The van der Waals surface area contributed by atoms with Gasteiger partial charge in [0.2, 0.25) is 0 Å². The summed E-state index contributed by atoms with van der Waals surface area (Å²) in [6, 6.07) is 46.5. The summed E-state index contributed by atoms with van der Waals surface area (Å²) in [6.45, 7) is 8.72. The second-order valence-electron chi connectivity index (χ2n) is 13.2. The summed E-state index contributed by atoms with van der Waals surface area (Å²) >= 11 is 0. The standard InChI is InChI=1S/C46H34N4/c1-27-29(3)37-21-25-41(49-45(37)43-35(27)19-23-39(47-43)31-11-7-5-8-12-31)33-15-17-34(18-16-33)42-26-22-38-30(4)28(2)36-20-24-40(32-13-9-6-10-14-32)48-44(36)46(38)50-42/h5-26H,1-4H3. The molecule has 0 saturated carbocycles. The third-order valence-electron chi connectivity index (χ3n) is 10.4. The molecule has 50 heavy (non-hydrogen) atoms. The van der Waals surface area contributed by atoms with Crippen molar-refractivity contribution in [1.82, 2.24) is 19.9 Å². The molecule has 0 aliphatic heterocycles. The van der Waals surface area contributed by atoms with Gasteiger partial charge < -0.3 is 0 Å². The van der Waals surface area contributed by atoms with Gasteiger partial charge in [-0.15, -0.1) is 0 Å². The summed E-state index contributed by atoms with van der Waals surface area (Å²) in [5.41, 5.74) is 16.7. The smallest absolute Gasteiger partial charge is 0.0975 e. The molecular formula is C46H34N4. The Morgan fingerprint density at radius 1 is 0.260 bits per heavy atom. The number of benzene rings is 5. The third-order valence-corrected chi connectivity index (χ3v) is 10.4. The fraction of sp³-hybridized carbons (Fsp3) is 0.0870. The van der Waals surface area contributed by atoms with Crippen LogP contribution in [0.15, 0.2) is 133 Å². The predicted molar refractivity (Wildman–Crippen MR) is 208 cm³/mol. The maximum atomic E-state index is 5.25.